The van der Waals surface area contributed by atoms with Crippen LogP contribution >= 0.6 is 24.0 Å². The van der Waals surface area contributed by atoms with Gasteiger partial charge in [0.1, 0.15) is 0 Å². The molecule has 114 valence electrons. The van der Waals surface area contributed by atoms with Crippen LogP contribution in [0.3, 0.4) is 0 Å². The van der Waals surface area contributed by atoms with E-state index in [1.165, 1.54) is 0 Å². The fraction of sp³-hybridized carbons (Fsp3) is 0.500. The molecule has 4 N–H and O–H groups in total. The molecular formula is C8H16Br2O8Pb. The number of hydrogen-bond acceptors (Lipinski definition) is 4. The Labute approximate surface area is 134 Å². The molecule has 19 heavy (non-hydrogen) atoms. The first-order chi connectivity index (χ1) is 8.34. The van der Waals surface area contributed by atoms with Gasteiger partial charge < -0.3 is 20.4 Å². The molecule has 0 amide bonds. The standard InChI is InChI=1S/4C2H4O2.2BrH.Pb/c4*1-2(3)4;;;/h4*1H3,(H,3,4);2*1H;/q;;;;;;+2/p-2. The van der Waals surface area contributed by atoms with E-state index >= 15 is 0 Å². The minimum atomic E-state index is -0.833. The first kappa shape index (κ1) is 31.3. The molecule has 0 unspecified atom stereocenters. The SMILES string of the molecule is CC(=O)O.CC(=O)O.CC(=O)O.CC(=O)O.[Br][Pb][Br]. The average Bonchev–Trinajstić information content (AvgIpc) is 1.97. The molecule has 0 bridgehead atoms. The summed E-state index contributed by atoms with van der Waals surface area (Å²) in [6, 6.07) is 0. The van der Waals surface area contributed by atoms with E-state index in [4.69, 9.17) is 39.6 Å². The van der Waals surface area contributed by atoms with Crippen LogP contribution in [-0.4, -0.2) is 63.7 Å². The third kappa shape index (κ3) is 78000. The third-order valence-electron chi connectivity index (χ3n) is 0. The summed E-state index contributed by atoms with van der Waals surface area (Å²) in [6.07, 6.45) is 0. The molecule has 0 saturated carbocycles. The summed E-state index contributed by atoms with van der Waals surface area (Å²) in [4.78, 5) is 36.0. The van der Waals surface area contributed by atoms with Gasteiger partial charge in [-0.15, -0.1) is 0 Å². The van der Waals surface area contributed by atoms with Crippen LogP contribution in [-0.2, 0) is 19.2 Å². The van der Waals surface area contributed by atoms with Gasteiger partial charge in [0.25, 0.3) is 23.9 Å². The first-order valence-corrected chi connectivity index (χ1v) is 20.9. The van der Waals surface area contributed by atoms with Gasteiger partial charge in [-0.05, 0) is 0 Å². The fourth-order valence-electron chi connectivity index (χ4n) is 0. The van der Waals surface area contributed by atoms with Crippen LogP contribution in [0.1, 0.15) is 27.7 Å². The molecule has 0 heterocycles. The number of halogens is 2. The summed E-state index contributed by atoms with van der Waals surface area (Å²) in [6.45, 7) is 4.33. The van der Waals surface area contributed by atoms with Crippen LogP contribution in [0.4, 0.5) is 0 Å². The van der Waals surface area contributed by atoms with Gasteiger partial charge in [-0.3, -0.25) is 19.2 Å². The monoisotopic (exact) mass is 606 g/mol. The van der Waals surface area contributed by atoms with Crippen LogP contribution in [0, 0.1) is 0 Å². The molecule has 0 aromatic heterocycles. The van der Waals surface area contributed by atoms with E-state index in [0.29, 0.717) is 0 Å². The van der Waals surface area contributed by atoms with Crippen LogP contribution in [0.15, 0.2) is 0 Å². The normalized spacial score (nSPS) is 6.21. The quantitative estimate of drug-likeness (QED) is 0.304. The summed E-state index contributed by atoms with van der Waals surface area (Å²) in [7, 11) is 0. The van der Waals surface area contributed by atoms with E-state index in [-0.39, 0.29) is 19.4 Å². The molecule has 0 aromatic rings. The molecule has 0 aliphatic carbocycles. The van der Waals surface area contributed by atoms with Gasteiger partial charge in [0, 0.05) is 27.7 Å². The van der Waals surface area contributed by atoms with Gasteiger partial charge in [-0.2, -0.15) is 0 Å². The molecule has 0 aliphatic heterocycles. The maximum atomic E-state index is 9.00. The number of carboxylic acid groups (broad SMARTS) is 4. The molecule has 0 aromatic carbocycles. The number of rotatable bonds is 0. The molecule has 0 saturated heterocycles. The third-order valence-corrected chi connectivity index (χ3v) is 0. The molecule has 2 radical (unpaired) electrons. The van der Waals surface area contributed by atoms with E-state index in [1.54, 1.807) is 0 Å². The van der Waals surface area contributed by atoms with Crippen molar-refractivity contribution in [1.29, 1.82) is 0 Å². The zero-order valence-corrected chi connectivity index (χ0v) is 17.7. The summed E-state index contributed by atoms with van der Waals surface area (Å²) in [5, 5.41) is 29.7. The van der Waals surface area contributed by atoms with E-state index in [9.17, 15) is 0 Å². The van der Waals surface area contributed by atoms with Crippen LogP contribution < -0.4 is 0 Å². The molecule has 11 heteroatoms. The van der Waals surface area contributed by atoms with E-state index in [0.717, 1.165) is 27.7 Å². The Bertz CT molecular complexity index is 183. The number of aliphatic carboxylic acids is 4. The van der Waals surface area contributed by atoms with Crippen LogP contribution in [0.2, 0.25) is 0 Å². The summed E-state index contributed by atoms with van der Waals surface area (Å²) < 4.78 is 0. The van der Waals surface area contributed by atoms with Crippen LogP contribution in [0.25, 0.3) is 0 Å². The van der Waals surface area contributed by atoms with Gasteiger partial charge in [0.15, 0.2) is 0 Å². The molecule has 0 atom stereocenters. The van der Waals surface area contributed by atoms with Crippen molar-refractivity contribution in [3.8, 4) is 0 Å². The second-order valence-electron chi connectivity index (χ2n) is 2.15. The van der Waals surface area contributed by atoms with Gasteiger partial charge in [0.2, 0.25) is 0 Å². The Kier molecular flexibility index (Phi) is 50.4. The van der Waals surface area contributed by atoms with Crippen molar-refractivity contribution < 1.29 is 39.6 Å². The van der Waals surface area contributed by atoms with Crippen molar-refractivity contribution in [2.45, 2.75) is 27.7 Å². The Morgan fingerprint density at radius 1 is 0.632 bits per heavy atom. The molecule has 8 nitrogen and oxygen atoms in total. The molecule has 0 rings (SSSR count). The topological polar surface area (TPSA) is 149 Å². The van der Waals surface area contributed by atoms with Gasteiger partial charge in [0.05, 0.1) is 0 Å². The Morgan fingerprint density at radius 2 is 0.632 bits per heavy atom. The maximum absolute atomic E-state index is 9.00. The van der Waals surface area contributed by atoms with E-state index < -0.39 is 23.9 Å². The van der Waals surface area contributed by atoms with Crippen molar-refractivity contribution in [3.05, 3.63) is 0 Å². The van der Waals surface area contributed by atoms with Crippen molar-refractivity contribution in [2.24, 2.45) is 0 Å². The van der Waals surface area contributed by atoms with Gasteiger partial charge >= 0.3 is 43.4 Å². The second-order valence-corrected chi connectivity index (χ2v) is 19.0. The first-order valence-electron chi connectivity index (χ1n) is 4.09. The average molecular weight is 607 g/mol. The summed E-state index contributed by atoms with van der Waals surface area (Å²) >= 11 is 6.22. The molecule has 0 fully saturated rings. The summed E-state index contributed by atoms with van der Waals surface area (Å²) in [5.41, 5.74) is 0. The van der Waals surface area contributed by atoms with Gasteiger partial charge in [-0.1, -0.05) is 0 Å². The molecular weight excluding hydrogens is 591 g/mol. The zero-order valence-electron chi connectivity index (χ0n) is 10.7. The predicted octanol–water partition coefficient (Wildman–Crippen LogP) is 1.67. The number of hydrogen-bond donors (Lipinski definition) is 4. The van der Waals surface area contributed by atoms with Gasteiger partial charge in [-0.25, -0.2) is 0 Å². The Balaban J connectivity index is -0.0000000432. The zero-order chi connectivity index (χ0) is 17.0. The van der Waals surface area contributed by atoms with Crippen LogP contribution in [0.5, 0.6) is 0 Å². The Morgan fingerprint density at radius 3 is 0.632 bits per heavy atom. The fourth-order valence-corrected chi connectivity index (χ4v) is 0. The molecule has 0 aliphatic rings. The minimum absolute atomic E-state index is 0.292. The predicted molar refractivity (Wildman–Crippen MR) is 76.8 cm³/mol. The second kappa shape index (κ2) is 30.6. The van der Waals surface area contributed by atoms with Crippen molar-refractivity contribution >= 4 is 67.3 Å². The Hall–Kier alpha value is -0.238. The number of carbonyl (C=O) groups is 4. The van der Waals surface area contributed by atoms with Crippen molar-refractivity contribution in [3.63, 3.8) is 0 Å². The van der Waals surface area contributed by atoms with Crippen molar-refractivity contribution in [2.75, 3.05) is 0 Å². The molecule has 0 spiro atoms. The van der Waals surface area contributed by atoms with E-state index in [1.807, 2.05) is 0 Å². The van der Waals surface area contributed by atoms with Crippen molar-refractivity contribution in [1.82, 2.24) is 0 Å². The summed E-state index contributed by atoms with van der Waals surface area (Å²) in [5.74, 6) is -3.33. The van der Waals surface area contributed by atoms with E-state index in [2.05, 4.69) is 24.0 Å². The number of carboxylic acids is 4.